The van der Waals surface area contributed by atoms with E-state index in [-0.39, 0.29) is 24.2 Å². The van der Waals surface area contributed by atoms with Gasteiger partial charge in [-0.3, -0.25) is 15.2 Å². The molecule has 1 aliphatic carbocycles. The molecule has 1 saturated carbocycles. The first-order chi connectivity index (χ1) is 15.6. The van der Waals surface area contributed by atoms with Gasteiger partial charge in [-0.05, 0) is 100 Å². The zero-order valence-corrected chi connectivity index (χ0v) is 22.2. The summed E-state index contributed by atoms with van der Waals surface area (Å²) in [5, 5.41) is 3.13. The lowest BCUT2D eigenvalue weighted by molar-refractivity contribution is 0.00859. The number of carbonyl (C=O) groups is 2. The molecule has 2 atom stereocenters. The highest BCUT2D eigenvalue weighted by Gasteiger charge is 2.55. The number of piperidine rings is 1. The van der Waals surface area contributed by atoms with Gasteiger partial charge >= 0.3 is 12.1 Å². The third-order valence-corrected chi connectivity index (χ3v) is 7.55. The predicted octanol–water partition coefficient (Wildman–Crippen LogP) is 5.71. The predicted molar refractivity (Wildman–Crippen MR) is 139 cm³/mol. The van der Waals surface area contributed by atoms with Crippen LogP contribution in [0.25, 0.3) is 0 Å². The lowest BCUT2D eigenvalue weighted by atomic mass is 9.81. The molecule has 0 aromatic heterocycles. The average Bonchev–Trinajstić information content (AvgIpc) is 2.98. The summed E-state index contributed by atoms with van der Waals surface area (Å²) in [5.74, 6) is 0.772. The van der Waals surface area contributed by atoms with Crippen molar-refractivity contribution in [3.63, 3.8) is 0 Å². The molecule has 3 aliphatic rings. The first-order valence-electron chi connectivity index (χ1n) is 12.0. The van der Waals surface area contributed by atoms with Crippen molar-refractivity contribution >= 4 is 46.2 Å². The molecule has 1 N–H and O–H groups in total. The fraction of sp³-hybridized carbons (Fsp3) is 0.640. The Morgan fingerprint density at radius 2 is 1.85 bits per heavy atom. The maximum atomic E-state index is 13.3. The van der Waals surface area contributed by atoms with E-state index in [0.717, 1.165) is 27.9 Å². The number of halogens is 1. The first kappa shape index (κ1) is 24.3. The molecule has 1 aromatic rings. The minimum Gasteiger partial charge on any atom is -0.444 e. The Morgan fingerprint density at radius 3 is 2.45 bits per heavy atom. The summed E-state index contributed by atoms with van der Waals surface area (Å²) in [6.45, 7) is 8.20. The summed E-state index contributed by atoms with van der Waals surface area (Å²) < 4.78 is 6.77. The number of amides is 3. The van der Waals surface area contributed by atoms with Crippen LogP contribution in [0.3, 0.4) is 0 Å². The van der Waals surface area contributed by atoms with Crippen molar-refractivity contribution in [1.82, 2.24) is 10.2 Å². The van der Waals surface area contributed by atoms with Gasteiger partial charge in [-0.2, -0.15) is 0 Å². The highest BCUT2D eigenvalue weighted by Crippen LogP contribution is 2.41. The second-order valence-electron chi connectivity index (χ2n) is 10.5. The molecule has 8 heteroatoms. The van der Waals surface area contributed by atoms with Crippen LogP contribution in [0.15, 0.2) is 29.3 Å². The maximum absolute atomic E-state index is 13.3. The SMILES string of the molecule is CC1CC2(CCN1C(=O)OC(C)(C)C)C(=NC1CCCCC1)NC(=O)N2c1ccc(I)cc1. The number of urea groups is 1. The van der Waals surface area contributed by atoms with Crippen LogP contribution in [0.5, 0.6) is 0 Å². The number of benzene rings is 1. The van der Waals surface area contributed by atoms with Crippen molar-refractivity contribution in [3.05, 3.63) is 27.8 Å². The third-order valence-electron chi connectivity index (χ3n) is 6.83. The van der Waals surface area contributed by atoms with Crippen LogP contribution in [0.4, 0.5) is 15.3 Å². The van der Waals surface area contributed by atoms with E-state index in [9.17, 15) is 9.59 Å². The summed E-state index contributed by atoms with van der Waals surface area (Å²) in [4.78, 5) is 35.0. The lowest BCUT2D eigenvalue weighted by Gasteiger charge is -2.47. The second kappa shape index (κ2) is 9.43. The third kappa shape index (κ3) is 5.15. The molecule has 4 rings (SSSR count). The van der Waals surface area contributed by atoms with Gasteiger partial charge in [0.25, 0.3) is 0 Å². The molecule has 2 unspecified atom stereocenters. The Bertz CT molecular complexity index is 921. The Morgan fingerprint density at radius 1 is 1.18 bits per heavy atom. The van der Waals surface area contributed by atoms with Crippen molar-refractivity contribution in [2.45, 2.75) is 95.9 Å². The number of ether oxygens (including phenoxy) is 1. The van der Waals surface area contributed by atoms with Gasteiger partial charge in [-0.25, -0.2) is 9.59 Å². The molecule has 33 heavy (non-hydrogen) atoms. The van der Waals surface area contributed by atoms with Crippen molar-refractivity contribution in [1.29, 1.82) is 0 Å². The van der Waals surface area contributed by atoms with Crippen molar-refractivity contribution in [2.75, 3.05) is 11.4 Å². The fourth-order valence-electron chi connectivity index (χ4n) is 5.31. The number of nitrogens with one attached hydrogen (secondary N) is 1. The molecular formula is C25H35IN4O3. The van der Waals surface area contributed by atoms with Gasteiger partial charge < -0.3 is 9.64 Å². The lowest BCUT2D eigenvalue weighted by Crippen LogP contribution is -2.61. The number of anilines is 1. The number of nitrogens with zero attached hydrogens (tertiary/aromatic N) is 3. The molecule has 2 heterocycles. The van der Waals surface area contributed by atoms with E-state index < -0.39 is 11.1 Å². The van der Waals surface area contributed by atoms with E-state index in [2.05, 4.69) is 27.9 Å². The van der Waals surface area contributed by atoms with Crippen LogP contribution in [0, 0.1) is 3.57 Å². The molecule has 2 aliphatic heterocycles. The van der Waals surface area contributed by atoms with E-state index >= 15 is 0 Å². The van der Waals surface area contributed by atoms with E-state index in [1.54, 1.807) is 4.90 Å². The summed E-state index contributed by atoms with van der Waals surface area (Å²) in [6.07, 6.45) is 6.70. The van der Waals surface area contributed by atoms with E-state index in [0.29, 0.717) is 19.4 Å². The van der Waals surface area contributed by atoms with E-state index in [1.807, 2.05) is 56.9 Å². The van der Waals surface area contributed by atoms with Crippen LogP contribution in [0.1, 0.15) is 72.6 Å². The van der Waals surface area contributed by atoms with Crippen molar-refractivity contribution < 1.29 is 14.3 Å². The number of likely N-dealkylation sites (tertiary alicyclic amines) is 1. The normalized spacial score (nSPS) is 27.8. The van der Waals surface area contributed by atoms with Gasteiger partial charge in [-0.15, -0.1) is 0 Å². The molecule has 1 spiro atoms. The van der Waals surface area contributed by atoms with Gasteiger partial charge in [-0.1, -0.05) is 19.3 Å². The maximum Gasteiger partial charge on any atom is 0.410 e. The minimum absolute atomic E-state index is 0.0933. The van der Waals surface area contributed by atoms with Gasteiger partial charge in [0.15, 0.2) is 0 Å². The van der Waals surface area contributed by atoms with E-state index in [1.165, 1.54) is 19.3 Å². The summed E-state index contributed by atoms with van der Waals surface area (Å²) in [6, 6.07) is 8.06. The number of hydrogen-bond acceptors (Lipinski definition) is 4. The van der Waals surface area contributed by atoms with Gasteiger partial charge in [0.1, 0.15) is 17.0 Å². The minimum atomic E-state index is -0.584. The van der Waals surface area contributed by atoms with Gasteiger partial charge in [0.05, 0.1) is 6.04 Å². The topological polar surface area (TPSA) is 74.2 Å². The van der Waals surface area contributed by atoms with E-state index in [4.69, 9.17) is 9.73 Å². The fourth-order valence-corrected chi connectivity index (χ4v) is 5.67. The zero-order valence-electron chi connectivity index (χ0n) is 20.1. The molecule has 0 bridgehead atoms. The molecule has 3 amide bonds. The van der Waals surface area contributed by atoms with Gasteiger partial charge in [0.2, 0.25) is 0 Å². The molecular weight excluding hydrogens is 531 g/mol. The van der Waals surface area contributed by atoms with Crippen LogP contribution in [-0.4, -0.2) is 52.6 Å². The second-order valence-corrected chi connectivity index (χ2v) is 11.8. The molecule has 0 radical (unpaired) electrons. The number of aliphatic imine (C=N–C) groups is 1. The Kier molecular flexibility index (Phi) is 6.94. The Hall–Kier alpha value is -1.84. The molecule has 2 saturated heterocycles. The monoisotopic (exact) mass is 566 g/mol. The highest BCUT2D eigenvalue weighted by atomic mass is 127. The number of rotatable bonds is 2. The molecule has 1 aromatic carbocycles. The Labute approximate surface area is 210 Å². The molecule has 7 nitrogen and oxygen atoms in total. The van der Waals surface area contributed by atoms with Gasteiger partial charge in [0, 0.05) is 21.8 Å². The smallest absolute Gasteiger partial charge is 0.410 e. The average molecular weight is 566 g/mol. The van der Waals surface area contributed by atoms with Crippen LogP contribution < -0.4 is 10.2 Å². The summed E-state index contributed by atoms with van der Waals surface area (Å²) in [7, 11) is 0. The number of carbonyl (C=O) groups excluding carboxylic acids is 2. The van der Waals surface area contributed by atoms with Crippen LogP contribution in [-0.2, 0) is 4.74 Å². The quantitative estimate of drug-likeness (QED) is 0.466. The summed E-state index contributed by atoms with van der Waals surface area (Å²) >= 11 is 2.27. The Balaban J connectivity index is 1.67. The standard InChI is InChI=1S/C25H35IN4O3/c1-17-16-25(14-15-29(17)23(32)33-24(2,3)4)21(27-19-8-6-5-7-9-19)28-22(31)30(25)20-12-10-18(26)11-13-20/h10-13,17,19H,5-9,14-16H2,1-4H3,(H,27,28,31). The number of hydrogen-bond donors (Lipinski definition) is 1. The summed E-state index contributed by atoms with van der Waals surface area (Å²) in [5.41, 5.74) is -0.267. The van der Waals surface area contributed by atoms with Crippen LogP contribution in [0.2, 0.25) is 0 Å². The highest BCUT2D eigenvalue weighted by molar-refractivity contribution is 14.1. The molecule has 3 fully saturated rings. The largest absolute Gasteiger partial charge is 0.444 e. The van der Waals surface area contributed by atoms with Crippen molar-refractivity contribution in [3.8, 4) is 0 Å². The zero-order chi connectivity index (χ0) is 23.8. The molecule has 180 valence electrons. The first-order valence-corrected chi connectivity index (χ1v) is 13.1. The van der Waals surface area contributed by atoms with Crippen molar-refractivity contribution in [2.24, 2.45) is 4.99 Å². The van der Waals surface area contributed by atoms with Crippen LogP contribution >= 0.6 is 22.6 Å². The number of amidine groups is 1.